The molecule has 0 aliphatic heterocycles. The maximum atomic E-state index is 12.0. The number of carbonyl (C=O) groups excluding carboxylic acids is 1. The van der Waals surface area contributed by atoms with E-state index in [9.17, 15) is 4.79 Å². The minimum absolute atomic E-state index is 0.00750. The third-order valence-corrected chi connectivity index (χ3v) is 6.58. The molecule has 0 fully saturated rings. The standard InChI is InChI=1S/C17H25N5OS2/c1-3-22(4-2)9-8-19-13(23)10-24-17-20-15(18)14-11-6-5-7-12(11)25-16(14)21-17/h3-10H2,1-2H3,(H,19,23)(H2,18,20,21). The van der Waals surface area contributed by atoms with Crippen molar-refractivity contribution < 1.29 is 4.79 Å². The second-order valence-electron chi connectivity index (χ2n) is 6.09. The molecule has 0 bridgehead atoms. The zero-order valence-corrected chi connectivity index (χ0v) is 16.4. The van der Waals surface area contributed by atoms with Crippen LogP contribution in [0, 0.1) is 0 Å². The first-order chi connectivity index (χ1) is 12.1. The van der Waals surface area contributed by atoms with E-state index < -0.39 is 0 Å². The lowest BCUT2D eigenvalue weighted by molar-refractivity contribution is -0.118. The molecule has 1 aliphatic rings. The van der Waals surface area contributed by atoms with E-state index >= 15 is 0 Å². The zero-order valence-electron chi connectivity index (χ0n) is 14.8. The van der Waals surface area contributed by atoms with Gasteiger partial charge < -0.3 is 16.0 Å². The van der Waals surface area contributed by atoms with Crippen LogP contribution in [0.25, 0.3) is 10.2 Å². The van der Waals surface area contributed by atoms with Crippen LogP contribution in [0.1, 0.15) is 30.7 Å². The van der Waals surface area contributed by atoms with Crippen LogP contribution in [0.4, 0.5) is 5.82 Å². The first-order valence-electron chi connectivity index (χ1n) is 8.82. The Balaban J connectivity index is 1.56. The molecule has 2 aromatic heterocycles. The molecule has 25 heavy (non-hydrogen) atoms. The Labute approximate surface area is 156 Å². The minimum Gasteiger partial charge on any atom is -0.383 e. The SMILES string of the molecule is CCN(CC)CCNC(=O)CSc1nc(N)c2c3c(sc2n1)CCC3. The number of nitrogens with two attached hydrogens (primary N) is 1. The van der Waals surface area contributed by atoms with Crippen molar-refractivity contribution in [2.45, 2.75) is 38.3 Å². The van der Waals surface area contributed by atoms with Crippen molar-refractivity contribution in [1.82, 2.24) is 20.2 Å². The molecule has 0 spiro atoms. The Morgan fingerprint density at radius 1 is 1.32 bits per heavy atom. The van der Waals surface area contributed by atoms with E-state index in [0.29, 0.717) is 23.3 Å². The van der Waals surface area contributed by atoms with Crippen molar-refractivity contribution in [3.63, 3.8) is 0 Å². The van der Waals surface area contributed by atoms with Crippen molar-refractivity contribution in [2.75, 3.05) is 37.7 Å². The molecule has 6 nitrogen and oxygen atoms in total. The number of thioether (sulfide) groups is 1. The van der Waals surface area contributed by atoms with Crippen LogP contribution in [-0.2, 0) is 17.6 Å². The summed E-state index contributed by atoms with van der Waals surface area (Å²) in [7, 11) is 0. The van der Waals surface area contributed by atoms with E-state index in [4.69, 9.17) is 5.73 Å². The van der Waals surface area contributed by atoms with Gasteiger partial charge in [0.25, 0.3) is 0 Å². The molecule has 0 unspecified atom stereocenters. The second-order valence-corrected chi connectivity index (χ2v) is 8.12. The average molecular weight is 380 g/mol. The van der Waals surface area contributed by atoms with Crippen LogP contribution < -0.4 is 11.1 Å². The lowest BCUT2D eigenvalue weighted by Gasteiger charge is -2.17. The number of nitrogens with one attached hydrogen (secondary N) is 1. The summed E-state index contributed by atoms with van der Waals surface area (Å²) in [5, 5.41) is 4.57. The quantitative estimate of drug-likeness (QED) is 0.541. The number of hydrogen-bond donors (Lipinski definition) is 2. The third-order valence-electron chi connectivity index (χ3n) is 4.55. The van der Waals surface area contributed by atoms with Crippen molar-refractivity contribution in [3.8, 4) is 0 Å². The molecule has 136 valence electrons. The van der Waals surface area contributed by atoms with E-state index in [0.717, 1.165) is 42.7 Å². The third kappa shape index (κ3) is 4.24. The van der Waals surface area contributed by atoms with E-state index in [-0.39, 0.29) is 5.91 Å². The highest BCUT2D eigenvalue weighted by molar-refractivity contribution is 7.99. The molecule has 1 aliphatic carbocycles. The van der Waals surface area contributed by atoms with Gasteiger partial charge in [-0.2, -0.15) is 0 Å². The molecule has 2 aromatic rings. The lowest BCUT2D eigenvalue weighted by atomic mass is 10.2. The fraction of sp³-hybridized carbons (Fsp3) is 0.588. The van der Waals surface area contributed by atoms with Crippen LogP contribution in [0.15, 0.2) is 5.16 Å². The first kappa shape index (κ1) is 18.4. The molecule has 0 saturated heterocycles. The molecule has 0 radical (unpaired) electrons. The van der Waals surface area contributed by atoms with Gasteiger partial charge in [0.2, 0.25) is 5.91 Å². The number of nitrogen functional groups attached to an aromatic ring is 1. The highest BCUT2D eigenvalue weighted by atomic mass is 32.2. The number of aromatic nitrogens is 2. The second kappa shape index (κ2) is 8.33. The van der Waals surface area contributed by atoms with Gasteiger partial charge in [0.15, 0.2) is 5.16 Å². The maximum absolute atomic E-state index is 12.0. The fourth-order valence-corrected chi connectivity index (χ4v) is 5.15. The highest BCUT2D eigenvalue weighted by Crippen LogP contribution is 2.39. The monoisotopic (exact) mass is 379 g/mol. The van der Waals surface area contributed by atoms with Crippen molar-refractivity contribution >= 4 is 45.0 Å². The molecular formula is C17H25N5OS2. The van der Waals surface area contributed by atoms with Crippen molar-refractivity contribution in [2.24, 2.45) is 0 Å². The Morgan fingerprint density at radius 3 is 2.88 bits per heavy atom. The molecule has 0 aromatic carbocycles. The molecular weight excluding hydrogens is 354 g/mol. The Morgan fingerprint density at radius 2 is 2.12 bits per heavy atom. The molecule has 2 heterocycles. The van der Waals surface area contributed by atoms with E-state index in [1.165, 1.54) is 28.6 Å². The first-order valence-corrected chi connectivity index (χ1v) is 10.6. The zero-order chi connectivity index (χ0) is 17.8. The number of nitrogens with zero attached hydrogens (tertiary/aromatic N) is 3. The summed E-state index contributed by atoms with van der Waals surface area (Å²) in [5.74, 6) is 0.871. The van der Waals surface area contributed by atoms with Gasteiger partial charge in [0.05, 0.1) is 11.1 Å². The van der Waals surface area contributed by atoms with Gasteiger partial charge in [-0.25, -0.2) is 9.97 Å². The van der Waals surface area contributed by atoms with Crippen LogP contribution in [0.3, 0.4) is 0 Å². The topological polar surface area (TPSA) is 84.1 Å². The number of hydrogen-bond acceptors (Lipinski definition) is 7. The average Bonchev–Trinajstić information content (AvgIpc) is 3.17. The van der Waals surface area contributed by atoms with Gasteiger partial charge in [0, 0.05) is 18.0 Å². The number of likely N-dealkylation sites (N-methyl/N-ethyl adjacent to an activating group) is 1. The Kier molecular flexibility index (Phi) is 6.14. The largest absolute Gasteiger partial charge is 0.383 e. The molecule has 1 amide bonds. The molecule has 3 N–H and O–H groups in total. The molecule has 0 saturated carbocycles. The summed E-state index contributed by atoms with van der Waals surface area (Å²) >= 11 is 3.07. The van der Waals surface area contributed by atoms with Crippen molar-refractivity contribution in [1.29, 1.82) is 0 Å². The number of fused-ring (bicyclic) bond motifs is 3. The van der Waals surface area contributed by atoms with E-state index in [1.807, 2.05) is 0 Å². The van der Waals surface area contributed by atoms with E-state index in [2.05, 4.69) is 34.0 Å². The van der Waals surface area contributed by atoms with Crippen molar-refractivity contribution in [3.05, 3.63) is 10.4 Å². The number of amides is 1. The van der Waals surface area contributed by atoms with Gasteiger partial charge in [-0.05, 0) is 37.9 Å². The predicted molar refractivity (Wildman–Crippen MR) is 105 cm³/mol. The van der Waals surface area contributed by atoms with E-state index in [1.54, 1.807) is 11.3 Å². The van der Waals surface area contributed by atoms with Crippen LogP contribution >= 0.6 is 23.1 Å². The van der Waals surface area contributed by atoms with Crippen LogP contribution in [0.5, 0.6) is 0 Å². The minimum atomic E-state index is 0.00750. The number of anilines is 1. The molecule has 3 rings (SSSR count). The van der Waals surface area contributed by atoms with Gasteiger partial charge in [-0.15, -0.1) is 11.3 Å². The van der Waals surface area contributed by atoms with Gasteiger partial charge in [-0.3, -0.25) is 4.79 Å². The smallest absolute Gasteiger partial charge is 0.230 e. The highest BCUT2D eigenvalue weighted by Gasteiger charge is 2.21. The lowest BCUT2D eigenvalue weighted by Crippen LogP contribution is -2.35. The summed E-state index contributed by atoms with van der Waals surface area (Å²) in [6.45, 7) is 7.79. The van der Waals surface area contributed by atoms with Crippen LogP contribution in [0.2, 0.25) is 0 Å². The van der Waals surface area contributed by atoms with Gasteiger partial charge in [0.1, 0.15) is 10.6 Å². The van der Waals surface area contributed by atoms with Gasteiger partial charge >= 0.3 is 0 Å². The molecule has 8 heteroatoms. The Hall–Kier alpha value is -1.38. The van der Waals surface area contributed by atoms with Gasteiger partial charge in [-0.1, -0.05) is 25.6 Å². The Bertz CT molecular complexity index is 757. The summed E-state index contributed by atoms with van der Waals surface area (Å²) in [5.41, 5.74) is 7.50. The molecule has 0 atom stereocenters. The number of thiophene rings is 1. The maximum Gasteiger partial charge on any atom is 0.230 e. The summed E-state index contributed by atoms with van der Waals surface area (Å²) < 4.78 is 0. The number of carbonyl (C=O) groups is 1. The summed E-state index contributed by atoms with van der Waals surface area (Å²) in [6, 6.07) is 0. The van der Waals surface area contributed by atoms with Crippen LogP contribution in [-0.4, -0.2) is 52.7 Å². The fourth-order valence-electron chi connectivity index (χ4n) is 3.14. The number of aryl methyl sites for hydroxylation is 2. The predicted octanol–water partition coefficient (Wildman–Crippen LogP) is 2.31. The summed E-state index contributed by atoms with van der Waals surface area (Å²) in [6.07, 6.45) is 3.39. The normalized spacial score (nSPS) is 13.6. The summed E-state index contributed by atoms with van der Waals surface area (Å²) in [4.78, 5) is 25.7. The number of rotatable bonds is 8.